The molecule has 9 heteroatoms. The van der Waals surface area contributed by atoms with Crippen LogP contribution < -0.4 is 16.1 Å². The molecule has 0 spiro atoms. The number of nitrogens with zero attached hydrogens (tertiary/aromatic N) is 4. The minimum atomic E-state index is -0.713. The number of hydrogen-bond acceptors (Lipinski definition) is 5. The van der Waals surface area contributed by atoms with E-state index in [4.69, 9.17) is 5.73 Å². The van der Waals surface area contributed by atoms with Crippen LogP contribution in [0.3, 0.4) is 0 Å². The average Bonchev–Trinajstić information content (AvgIpc) is 3.36. The number of aromatic nitrogens is 2. The van der Waals surface area contributed by atoms with Crippen molar-refractivity contribution in [1.82, 2.24) is 9.78 Å². The summed E-state index contributed by atoms with van der Waals surface area (Å²) in [5, 5.41) is 13.0. The summed E-state index contributed by atoms with van der Waals surface area (Å²) in [5.41, 5.74) is 7.75. The molecule has 0 fully saturated rings. The van der Waals surface area contributed by atoms with Crippen molar-refractivity contribution in [2.45, 2.75) is 12.5 Å². The number of carbonyl (C=O) groups excluding carboxylic acids is 2. The van der Waals surface area contributed by atoms with Gasteiger partial charge in [0.1, 0.15) is 11.8 Å². The molecule has 3 N–H and O–H groups in total. The Morgan fingerprint density at radius 3 is 2.52 bits per heavy atom. The van der Waals surface area contributed by atoms with Gasteiger partial charge in [-0.25, -0.2) is 4.68 Å². The highest BCUT2D eigenvalue weighted by Gasteiger charge is 2.35. The van der Waals surface area contributed by atoms with Crippen molar-refractivity contribution < 1.29 is 9.59 Å². The SMILES string of the molecule is NC(=O)C1CC(C(=O)Nc2ccccc2-n2cc(Br)cn2)=NN1c1ccccc1. The van der Waals surface area contributed by atoms with E-state index >= 15 is 0 Å². The van der Waals surface area contributed by atoms with E-state index in [0.717, 1.165) is 4.47 Å². The lowest BCUT2D eigenvalue weighted by molar-refractivity contribution is -0.119. The van der Waals surface area contributed by atoms with Crippen LogP contribution in [-0.4, -0.2) is 33.3 Å². The van der Waals surface area contributed by atoms with Crippen LogP contribution in [0.15, 0.2) is 76.6 Å². The number of primary amides is 1. The molecule has 1 aliphatic heterocycles. The second-order valence-corrected chi connectivity index (χ2v) is 7.34. The summed E-state index contributed by atoms with van der Waals surface area (Å²) in [6.07, 6.45) is 3.58. The van der Waals surface area contributed by atoms with Crippen LogP contribution in [0.1, 0.15) is 6.42 Å². The van der Waals surface area contributed by atoms with Gasteiger partial charge in [0.15, 0.2) is 0 Å². The van der Waals surface area contributed by atoms with Gasteiger partial charge in [0.05, 0.1) is 27.7 Å². The topological polar surface area (TPSA) is 106 Å². The molecule has 1 aliphatic rings. The molecule has 4 rings (SSSR count). The molecule has 146 valence electrons. The molecule has 0 saturated carbocycles. The lowest BCUT2D eigenvalue weighted by Crippen LogP contribution is -2.39. The molecular formula is C20H17BrN6O2. The van der Waals surface area contributed by atoms with Crippen LogP contribution >= 0.6 is 15.9 Å². The van der Waals surface area contributed by atoms with Crippen LogP contribution in [0.25, 0.3) is 5.69 Å². The summed E-state index contributed by atoms with van der Waals surface area (Å²) in [5.74, 6) is -0.935. The summed E-state index contributed by atoms with van der Waals surface area (Å²) in [6, 6.07) is 15.7. The Bertz CT molecular complexity index is 1100. The molecule has 0 bridgehead atoms. The highest BCUT2D eigenvalue weighted by molar-refractivity contribution is 9.10. The molecule has 0 aliphatic carbocycles. The molecule has 2 amide bonds. The second kappa shape index (κ2) is 7.88. The lowest BCUT2D eigenvalue weighted by Gasteiger charge is -2.20. The van der Waals surface area contributed by atoms with E-state index in [1.54, 1.807) is 23.1 Å². The molecule has 29 heavy (non-hydrogen) atoms. The third kappa shape index (κ3) is 3.90. The van der Waals surface area contributed by atoms with E-state index < -0.39 is 17.9 Å². The Morgan fingerprint density at radius 2 is 1.83 bits per heavy atom. The van der Waals surface area contributed by atoms with E-state index in [2.05, 4.69) is 31.4 Å². The van der Waals surface area contributed by atoms with Gasteiger partial charge in [-0.1, -0.05) is 30.3 Å². The number of benzene rings is 2. The van der Waals surface area contributed by atoms with Gasteiger partial charge in [0.2, 0.25) is 5.91 Å². The van der Waals surface area contributed by atoms with Gasteiger partial charge in [-0.15, -0.1) is 0 Å². The fourth-order valence-corrected chi connectivity index (χ4v) is 3.38. The van der Waals surface area contributed by atoms with Crippen molar-refractivity contribution in [3.63, 3.8) is 0 Å². The fraction of sp³-hybridized carbons (Fsp3) is 0.100. The molecule has 3 aromatic rings. The van der Waals surface area contributed by atoms with Crippen molar-refractivity contribution in [1.29, 1.82) is 0 Å². The number of nitrogens with one attached hydrogen (secondary N) is 1. The molecule has 0 saturated heterocycles. The monoisotopic (exact) mass is 452 g/mol. The Hall–Kier alpha value is -3.46. The van der Waals surface area contributed by atoms with Gasteiger partial charge in [-0.3, -0.25) is 14.6 Å². The van der Waals surface area contributed by atoms with Crippen LogP contribution in [0.5, 0.6) is 0 Å². The number of anilines is 2. The highest BCUT2D eigenvalue weighted by Crippen LogP contribution is 2.26. The number of hydrogen-bond donors (Lipinski definition) is 2. The largest absolute Gasteiger partial charge is 0.368 e. The number of halogens is 1. The first-order valence-electron chi connectivity index (χ1n) is 8.85. The van der Waals surface area contributed by atoms with Gasteiger partial charge in [-0.2, -0.15) is 10.2 Å². The molecule has 8 nitrogen and oxygen atoms in total. The van der Waals surface area contributed by atoms with E-state index in [1.165, 1.54) is 5.01 Å². The first-order chi connectivity index (χ1) is 14.0. The molecule has 2 aromatic carbocycles. The van der Waals surface area contributed by atoms with Crippen LogP contribution in [0.4, 0.5) is 11.4 Å². The standard InChI is InChI=1S/C20H17BrN6O2/c21-13-11-23-26(12-13)17-9-5-4-8-15(17)24-20(29)16-10-18(19(22)28)27(25-16)14-6-2-1-3-7-14/h1-9,11-12,18H,10H2,(H2,22,28)(H,24,29). The summed E-state index contributed by atoms with van der Waals surface area (Å²) in [4.78, 5) is 24.8. The van der Waals surface area contributed by atoms with E-state index in [0.29, 0.717) is 17.1 Å². The van der Waals surface area contributed by atoms with Gasteiger partial charge >= 0.3 is 0 Å². The Morgan fingerprint density at radius 1 is 1.10 bits per heavy atom. The van der Waals surface area contributed by atoms with E-state index in [9.17, 15) is 9.59 Å². The van der Waals surface area contributed by atoms with Gasteiger partial charge in [0, 0.05) is 12.6 Å². The maximum absolute atomic E-state index is 12.9. The van der Waals surface area contributed by atoms with Gasteiger partial charge < -0.3 is 11.1 Å². The Balaban J connectivity index is 1.60. The maximum Gasteiger partial charge on any atom is 0.272 e. The summed E-state index contributed by atoms with van der Waals surface area (Å²) in [6.45, 7) is 0. The van der Waals surface area contributed by atoms with Crippen molar-refractivity contribution in [2.75, 3.05) is 10.3 Å². The van der Waals surface area contributed by atoms with Crippen LogP contribution in [0.2, 0.25) is 0 Å². The van der Waals surface area contributed by atoms with Gasteiger partial charge in [0.25, 0.3) is 5.91 Å². The minimum Gasteiger partial charge on any atom is -0.368 e. The minimum absolute atomic E-state index is 0.131. The number of para-hydroxylation sites is 3. The number of carbonyl (C=O) groups is 2. The van der Waals surface area contributed by atoms with Crippen LogP contribution in [0, 0.1) is 0 Å². The number of rotatable bonds is 5. The zero-order chi connectivity index (χ0) is 20.4. The number of nitrogens with two attached hydrogens (primary N) is 1. The molecule has 2 heterocycles. The quantitative estimate of drug-likeness (QED) is 0.620. The van der Waals surface area contributed by atoms with Crippen molar-refractivity contribution in [3.8, 4) is 5.69 Å². The first kappa shape index (κ1) is 18.9. The molecule has 1 aromatic heterocycles. The molecule has 0 radical (unpaired) electrons. The fourth-order valence-electron chi connectivity index (χ4n) is 3.09. The average molecular weight is 453 g/mol. The number of hydrazone groups is 1. The zero-order valence-electron chi connectivity index (χ0n) is 15.2. The van der Waals surface area contributed by atoms with E-state index in [1.807, 2.05) is 48.5 Å². The van der Waals surface area contributed by atoms with Crippen LogP contribution in [-0.2, 0) is 9.59 Å². The van der Waals surface area contributed by atoms with Crippen molar-refractivity contribution >= 4 is 44.8 Å². The summed E-state index contributed by atoms with van der Waals surface area (Å²) < 4.78 is 2.47. The Kier molecular flexibility index (Phi) is 5.13. The normalized spacial score (nSPS) is 15.8. The second-order valence-electron chi connectivity index (χ2n) is 6.42. The maximum atomic E-state index is 12.9. The summed E-state index contributed by atoms with van der Waals surface area (Å²) >= 11 is 3.37. The van der Waals surface area contributed by atoms with E-state index in [-0.39, 0.29) is 12.1 Å². The first-order valence-corrected chi connectivity index (χ1v) is 9.64. The molecular weight excluding hydrogens is 436 g/mol. The molecule has 1 unspecified atom stereocenters. The highest BCUT2D eigenvalue weighted by atomic mass is 79.9. The Labute approximate surface area is 175 Å². The predicted octanol–water partition coefficient (Wildman–Crippen LogP) is 2.69. The predicted molar refractivity (Wildman–Crippen MR) is 114 cm³/mol. The third-order valence-electron chi connectivity index (χ3n) is 4.47. The van der Waals surface area contributed by atoms with Crippen molar-refractivity contribution in [2.24, 2.45) is 10.8 Å². The lowest BCUT2D eigenvalue weighted by atomic mass is 10.1. The summed E-state index contributed by atoms with van der Waals surface area (Å²) in [7, 11) is 0. The smallest absolute Gasteiger partial charge is 0.272 e. The number of amides is 2. The molecule has 1 atom stereocenters. The van der Waals surface area contributed by atoms with Crippen molar-refractivity contribution in [3.05, 3.63) is 71.5 Å². The van der Waals surface area contributed by atoms with Gasteiger partial charge in [-0.05, 0) is 40.2 Å². The zero-order valence-corrected chi connectivity index (χ0v) is 16.8. The third-order valence-corrected chi connectivity index (χ3v) is 4.88.